The molecule has 0 saturated heterocycles. The lowest BCUT2D eigenvalue weighted by atomic mass is 9.93. The number of aromatic hydroxyl groups is 2. The lowest BCUT2D eigenvalue weighted by Gasteiger charge is -2.11. The van der Waals surface area contributed by atoms with E-state index < -0.39 is 17.7 Å². The molecule has 6 nitrogen and oxygen atoms in total. The summed E-state index contributed by atoms with van der Waals surface area (Å²) in [7, 11) is 0. The Hall–Kier alpha value is -2.60. The summed E-state index contributed by atoms with van der Waals surface area (Å²) in [5.41, 5.74) is 1.97. The quantitative estimate of drug-likeness (QED) is 0.265. The van der Waals surface area contributed by atoms with Gasteiger partial charge >= 0.3 is 5.97 Å². The molecule has 0 spiro atoms. The molecule has 148 valence electrons. The third-order valence-corrected chi connectivity index (χ3v) is 4.35. The molecule has 1 atom stereocenters. The second kappa shape index (κ2) is 11.2. The van der Waals surface area contributed by atoms with Crippen molar-refractivity contribution in [3.63, 3.8) is 0 Å². The minimum atomic E-state index is -1.06. The fourth-order valence-corrected chi connectivity index (χ4v) is 2.64. The number of ketones is 1. The predicted octanol–water partition coefficient (Wildman–Crippen LogP) is 3.82. The average Bonchev–Trinajstić information content (AvgIpc) is 2.62. The number of phenols is 2. The number of hydrogen-bond acceptors (Lipinski definition) is 5. The highest BCUT2D eigenvalue weighted by molar-refractivity contribution is 6.00. The summed E-state index contributed by atoms with van der Waals surface area (Å²) < 4.78 is 0. The fourth-order valence-electron chi connectivity index (χ4n) is 2.64. The first-order chi connectivity index (χ1) is 12.7. The number of Topliss-reactive ketones (excluding diaryl/α,β-unsaturated/α-hetero) is 1. The van der Waals surface area contributed by atoms with Crippen molar-refractivity contribution in [3.05, 3.63) is 47.1 Å². The van der Waals surface area contributed by atoms with Crippen LogP contribution in [-0.4, -0.2) is 38.8 Å². The van der Waals surface area contributed by atoms with E-state index in [0.29, 0.717) is 12.8 Å². The number of aliphatic hydroxyl groups is 1. The first kappa shape index (κ1) is 22.4. The van der Waals surface area contributed by atoms with Gasteiger partial charge < -0.3 is 20.4 Å². The third-order valence-electron chi connectivity index (χ3n) is 4.35. The molecule has 6 heteroatoms. The Kier molecular flexibility index (Phi) is 9.30. The van der Waals surface area contributed by atoms with Crippen LogP contribution in [0.3, 0.4) is 0 Å². The Morgan fingerprint density at radius 2 is 1.74 bits per heavy atom. The van der Waals surface area contributed by atoms with Crippen LogP contribution in [0.25, 0.3) is 0 Å². The fraction of sp³-hybridized carbons (Fsp3) is 0.429. The van der Waals surface area contributed by atoms with Crippen LogP contribution in [-0.2, 0) is 4.79 Å². The maximum Gasteiger partial charge on any atom is 0.306 e. The Morgan fingerprint density at radius 1 is 1.07 bits per heavy atom. The van der Waals surface area contributed by atoms with E-state index in [4.69, 9.17) is 5.11 Å². The monoisotopic (exact) mass is 376 g/mol. The van der Waals surface area contributed by atoms with E-state index in [1.54, 1.807) is 0 Å². The summed E-state index contributed by atoms with van der Waals surface area (Å²) in [5, 5.41) is 37.5. The zero-order chi connectivity index (χ0) is 20.4. The number of benzene rings is 1. The number of allylic oxidation sites excluding steroid dienone is 3. The third kappa shape index (κ3) is 8.09. The molecular formula is C21H28O6. The van der Waals surface area contributed by atoms with E-state index >= 15 is 0 Å². The summed E-state index contributed by atoms with van der Waals surface area (Å²) in [6, 6.07) is 3.60. The minimum Gasteiger partial charge on any atom is -0.508 e. The number of carboxylic acid groups (broad SMARTS) is 1. The van der Waals surface area contributed by atoms with Crippen molar-refractivity contribution in [2.24, 2.45) is 5.92 Å². The molecule has 27 heavy (non-hydrogen) atoms. The molecule has 0 aliphatic heterocycles. The highest BCUT2D eigenvalue weighted by atomic mass is 16.4. The van der Waals surface area contributed by atoms with E-state index in [2.05, 4.69) is 0 Å². The highest BCUT2D eigenvalue weighted by Crippen LogP contribution is 2.26. The van der Waals surface area contributed by atoms with Gasteiger partial charge in [0.2, 0.25) is 0 Å². The Bertz CT molecular complexity index is 717. The van der Waals surface area contributed by atoms with E-state index in [1.165, 1.54) is 12.1 Å². The van der Waals surface area contributed by atoms with E-state index in [0.717, 1.165) is 30.1 Å². The second-order valence-corrected chi connectivity index (χ2v) is 6.74. The normalized spacial score (nSPS) is 13.4. The summed E-state index contributed by atoms with van der Waals surface area (Å²) in [4.78, 5) is 23.7. The van der Waals surface area contributed by atoms with Crippen molar-refractivity contribution in [2.45, 2.75) is 46.0 Å². The lowest BCUT2D eigenvalue weighted by molar-refractivity contribution is -0.141. The van der Waals surface area contributed by atoms with Crippen LogP contribution in [0.1, 0.15) is 56.3 Å². The van der Waals surface area contributed by atoms with E-state index in [-0.39, 0.29) is 30.1 Å². The molecular weight excluding hydrogens is 348 g/mol. The molecule has 1 aromatic carbocycles. The summed E-state index contributed by atoms with van der Waals surface area (Å²) in [5.74, 6) is -2.87. The van der Waals surface area contributed by atoms with Crippen LogP contribution in [0.5, 0.6) is 11.5 Å². The van der Waals surface area contributed by atoms with E-state index in [9.17, 15) is 24.9 Å². The molecule has 0 amide bonds. The summed E-state index contributed by atoms with van der Waals surface area (Å²) >= 11 is 0. The molecule has 0 saturated carbocycles. The second-order valence-electron chi connectivity index (χ2n) is 6.74. The molecule has 0 aliphatic carbocycles. The molecule has 0 aromatic heterocycles. The Balaban J connectivity index is 2.61. The van der Waals surface area contributed by atoms with Gasteiger partial charge in [0.15, 0.2) is 5.78 Å². The van der Waals surface area contributed by atoms with Gasteiger partial charge in [-0.25, -0.2) is 0 Å². The van der Waals surface area contributed by atoms with Gasteiger partial charge in [0.25, 0.3) is 0 Å². The summed E-state index contributed by atoms with van der Waals surface area (Å²) in [6.45, 7) is 3.87. The van der Waals surface area contributed by atoms with Gasteiger partial charge in [-0.05, 0) is 57.7 Å². The largest absolute Gasteiger partial charge is 0.508 e. The van der Waals surface area contributed by atoms with Gasteiger partial charge in [-0.1, -0.05) is 23.3 Å². The van der Waals surface area contributed by atoms with Crippen LogP contribution in [0.4, 0.5) is 0 Å². The number of aliphatic hydroxyl groups excluding tert-OH is 1. The first-order valence-corrected chi connectivity index (χ1v) is 8.94. The molecule has 0 heterocycles. The SMILES string of the molecule is C/C(=C/CC/C(C)=C/CC[C@H](CC(=O)c1cc(O)ccc1O)C(=O)O)CO. The number of carbonyl (C=O) groups excluding carboxylic acids is 1. The van der Waals surface area contributed by atoms with Crippen molar-refractivity contribution >= 4 is 11.8 Å². The molecule has 0 bridgehead atoms. The Labute approximate surface area is 159 Å². The van der Waals surface area contributed by atoms with Gasteiger partial charge in [0, 0.05) is 6.42 Å². The van der Waals surface area contributed by atoms with Gasteiger partial charge in [0.1, 0.15) is 11.5 Å². The predicted molar refractivity (Wildman–Crippen MR) is 103 cm³/mol. The van der Waals surface area contributed by atoms with Crippen LogP contribution in [0.2, 0.25) is 0 Å². The standard InChI is InChI=1S/C21H28O6/c1-14(5-3-7-15(2)13-22)6-4-8-16(21(26)27)11-20(25)18-12-17(23)9-10-19(18)24/h6-7,9-10,12,16,22-24H,3-5,8,11,13H2,1-2H3,(H,26,27)/b14-6+,15-7-/t16-/m1/s1. The van der Waals surface area contributed by atoms with Crippen molar-refractivity contribution in [1.29, 1.82) is 0 Å². The molecule has 0 fully saturated rings. The highest BCUT2D eigenvalue weighted by Gasteiger charge is 2.23. The van der Waals surface area contributed by atoms with Crippen molar-refractivity contribution in [1.82, 2.24) is 0 Å². The number of phenolic OH excluding ortho intramolecular Hbond substituents is 2. The van der Waals surface area contributed by atoms with Crippen molar-refractivity contribution in [2.75, 3.05) is 6.61 Å². The lowest BCUT2D eigenvalue weighted by Crippen LogP contribution is -2.18. The van der Waals surface area contributed by atoms with Crippen LogP contribution >= 0.6 is 0 Å². The number of hydrogen-bond donors (Lipinski definition) is 4. The maximum atomic E-state index is 12.3. The number of carboxylic acids is 1. The Morgan fingerprint density at radius 3 is 2.37 bits per heavy atom. The van der Waals surface area contributed by atoms with E-state index in [1.807, 2.05) is 26.0 Å². The smallest absolute Gasteiger partial charge is 0.306 e. The number of rotatable bonds is 11. The molecule has 0 aliphatic rings. The number of aliphatic carboxylic acids is 1. The molecule has 1 aromatic rings. The topological polar surface area (TPSA) is 115 Å². The van der Waals surface area contributed by atoms with Gasteiger partial charge in [-0.15, -0.1) is 0 Å². The van der Waals surface area contributed by atoms with Crippen LogP contribution in [0, 0.1) is 5.92 Å². The zero-order valence-corrected chi connectivity index (χ0v) is 15.8. The van der Waals surface area contributed by atoms with Gasteiger partial charge in [0.05, 0.1) is 18.1 Å². The van der Waals surface area contributed by atoms with Gasteiger partial charge in [-0.3, -0.25) is 9.59 Å². The minimum absolute atomic E-state index is 0.0474. The number of carbonyl (C=O) groups is 2. The van der Waals surface area contributed by atoms with Crippen molar-refractivity contribution < 1.29 is 30.0 Å². The molecule has 4 N–H and O–H groups in total. The molecule has 0 unspecified atom stereocenters. The molecule has 0 radical (unpaired) electrons. The summed E-state index contributed by atoms with van der Waals surface area (Å²) in [6.07, 6.45) is 6.18. The first-order valence-electron chi connectivity index (χ1n) is 8.94. The maximum absolute atomic E-state index is 12.3. The molecule has 1 rings (SSSR count). The van der Waals surface area contributed by atoms with Crippen LogP contribution in [0.15, 0.2) is 41.5 Å². The van der Waals surface area contributed by atoms with Gasteiger partial charge in [-0.2, -0.15) is 0 Å². The van der Waals surface area contributed by atoms with Crippen molar-refractivity contribution in [3.8, 4) is 11.5 Å². The zero-order valence-electron chi connectivity index (χ0n) is 15.8. The average molecular weight is 376 g/mol. The van der Waals surface area contributed by atoms with Crippen LogP contribution < -0.4 is 0 Å².